The van der Waals surface area contributed by atoms with Gasteiger partial charge in [0.1, 0.15) is 16.0 Å². The van der Waals surface area contributed by atoms with E-state index in [4.69, 9.17) is 34.8 Å². The summed E-state index contributed by atoms with van der Waals surface area (Å²) in [5.74, 6) is 0.489. The van der Waals surface area contributed by atoms with Gasteiger partial charge in [0.05, 0.1) is 10.0 Å². The Balaban J connectivity index is 2.09. The Morgan fingerprint density at radius 2 is 1.65 bits per heavy atom. The molecule has 118 valence electrons. The normalized spacial score (nSPS) is 10.8. The fraction of sp³-hybridized carbons (Fsp3) is 0. The Morgan fingerprint density at radius 1 is 1.04 bits per heavy atom. The van der Waals surface area contributed by atoms with Crippen LogP contribution in [0.15, 0.2) is 51.7 Å². The largest absolute Gasteiger partial charge is 0.340 e. The molecule has 23 heavy (non-hydrogen) atoms. The number of aromatic nitrogens is 2. The molecule has 0 saturated heterocycles. The molecule has 0 radical (unpaired) electrons. The van der Waals surface area contributed by atoms with Crippen LogP contribution in [0.5, 0.6) is 0 Å². The van der Waals surface area contributed by atoms with Crippen molar-refractivity contribution in [3.05, 3.63) is 72.4 Å². The van der Waals surface area contributed by atoms with Crippen LogP contribution < -0.4 is 10.9 Å². The van der Waals surface area contributed by atoms with E-state index in [0.717, 1.165) is 5.69 Å². The monoisotopic (exact) mass is 431 g/mol. The van der Waals surface area contributed by atoms with Crippen LogP contribution in [0, 0.1) is 0 Å². The molecular weight excluding hydrogens is 424 g/mol. The molecule has 0 unspecified atom stereocenters. The van der Waals surface area contributed by atoms with Crippen LogP contribution in [0.2, 0.25) is 15.1 Å². The van der Waals surface area contributed by atoms with Crippen LogP contribution in [0.4, 0.5) is 11.5 Å². The molecule has 0 atom stereocenters. The summed E-state index contributed by atoms with van der Waals surface area (Å²) < 4.78 is 1.60. The predicted molar refractivity (Wildman–Crippen MR) is 98.8 cm³/mol. The number of halogens is 4. The molecule has 0 spiro atoms. The zero-order valence-corrected chi connectivity index (χ0v) is 15.3. The van der Waals surface area contributed by atoms with Crippen LogP contribution in [-0.2, 0) is 0 Å². The highest BCUT2D eigenvalue weighted by atomic mass is 79.9. The van der Waals surface area contributed by atoms with Crippen molar-refractivity contribution in [3.63, 3.8) is 0 Å². The highest BCUT2D eigenvalue weighted by Crippen LogP contribution is 2.32. The second-order valence-corrected chi connectivity index (χ2v) is 6.69. The summed E-state index contributed by atoms with van der Waals surface area (Å²) in [6, 6.07) is 12.5. The van der Waals surface area contributed by atoms with Gasteiger partial charge in [-0.05, 0) is 40.2 Å². The number of hydrogen-bond donors (Lipinski definition) is 2. The van der Waals surface area contributed by atoms with Crippen LogP contribution in [-0.4, -0.2) is 9.78 Å². The van der Waals surface area contributed by atoms with Crippen LogP contribution >= 0.6 is 50.7 Å². The first-order chi connectivity index (χ1) is 11.0. The van der Waals surface area contributed by atoms with Gasteiger partial charge in [-0.3, -0.25) is 9.89 Å². The van der Waals surface area contributed by atoms with Gasteiger partial charge in [-0.1, -0.05) is 53.0 Å². The van der Waals surface area contributed by atoms with Crippen molar-refractivity contribution in [2.75, 3.05) is 5.32 Å². The fourth-order valence-corrected chi connectivity index (χ4v) is 3.42. The van der Waals surface area contributed by atoms with E-state index in [-0.39, 0.29) is 15.6 Å². The minimum Gasteiger partial charge on any atom is -0.340 e. The van der Waals surface area contributed by atoms with Gasteiger partial charge in [-0.2, -0.15) is 0 Å². The molecule has 0 aliphatic carbocycles. The number of nitrogens with zero attached hydrogens (tertiary/aromatic N) is 1. The molecule has 0 amide bonds. The Kier molecular flexibility index (Phi) is 4.73. The lowest BCUT2D eigenvalue weighted by Crippen LogP contribution is -2.15. The van der Waals surface area contributed by atoms with Gasteiger partial charge >= 0.3 is 0 Å². The van der Waals surface area contributed by atoms with Gasteiger partial charge in [0.2, 0.25) is 0 Å². The van der Waals surface area contributed by atoms with Gasteiger partial charge in [0, 0.05) is 10.7 Å². The standard InChI is InChI=1S/C15H9BrCl3N3O/c16-12-14(20-9-4-2-1-3-5-9)21-22(15(12)23)13-10(18)6-8(17)7-11(13)19/h1-7,20-21H. The first-order valence-electron chi connectivity index (χ1n) is 6.45. The highest BCUT2D eigenvalue weighted by Gasteiger charge is 2.18. The lowest BCUT2D eigenvalue weighted by molar-refractivity contribution is 0.852. The molecule has 3 aromatic rings. The molecule has 1 aromatic heterocycles. The molecule has 0 fully saturated rings. The first kappa shape index (κ1) is 16.5. The Hall–Kier alpha value is -1.40. The summed E-state index contributed by atoms with van der Waals surface area (Å²) in [6.45, 7) is 0. The maximum Gasteiger partial charge on any atom is 0.287 e. The number of nitrogens with one attached hydrogen (secondary N) is 2. The van der Waals surface area contributed by atoms with Gasteiger partial charge in [0.25, 0.3) is 5.56 Å². The number of para-hydroxylation sites is 1. The molecule has 3 rings (SSSR count). The van der Waals surface area contributed by atoms with Gasteiger partial charge in [-0.25, -0.2) is 4.68 Å². The highest BCUT2D eigenvalue weighted by molar-refractivity contribution is 9.10. The fourth-order valence-electron chi connectivity index (χ4n) is 2.07. The van der Waals surface area contributed by atoms with E-state index in [1.807, 2.05) is 30.3 Å². The summed E-state index contributed by atoms with van der Waals surface area (Å²) in [5, 5.41) is 7.00. The number of aromatic amines is 1. The predicted octanol–water partition coefficient (Wildman–Crippen LogP) is 5.63. The van der Waals surface area contributed by atoms with Gasteiger partial charge < -0.3 is 5.32 Å². The summed E-state index contributed by atoms with van der Waals surface area (Å²) in [6.07, 6.45) is 0. The van der Waals surface area contributed by atoms with Crippen molar-refractivity contribution in [1.82, 2.24) is 9.78 Å². The molecule has 8 heteroatoms. The van der Waals surface area contributed by atoms with E-state index < -0.39 is 0 Å². The van der Waals surface area contributed by atoms with Crippen molar-refractivity contribution >= 4 is 62.2 Å². The average molecular weight is 434 g/mol. The molecule has 0 aliphatic heterocycles. The topological polar surface area (TPSA) is 49.8 Å². The van der Waals surface area contributed by atoms with E-state index >= 15 is 0 Å². The Morgan fingerprint density at radius 3 is 2.26 bits per heavy atom. The minimum atomic E-state index is -0.324. The van der Waals surface area contributed by atoms with Crippen molar-refractivity contribution in [2.45, 2.75) is 0 Å². The lowest BCUT2D eigenvalue weighted by Gasteiger charge is -2.08. The van der Waals surface area contributed by atoms with Crippen LogP contribution in [0.25, 0.3) is 5.69 Å². The third-order valence-corrected chi connectivity index (χ3v) is 4.61. The number of rotatable bonds is 3. The molecule has 0 aliphatic rings. The maximum absolute atomic E-state index is 12.5. The van der Waals surface area contributed by atoms with Crippen molar-refractivity contribution < 1.29 is 0 Å². The van der Waals surface area contributed by atoms with Gasteiger partial charge in [-0.15, -0.1) is 0 Å². The van der Waals surface area contributed by atoms with E-state index in [2.05, 4.69) is 26.3 Å². The summed E-state index contributed by atoms with van der Waals surface area (Å²) in [4.78, 5) is 12.5. The number of H-pyrrole nitrogens is 1. The van der Waals surface area contributed by atoms with Crippen molar-refractivity contribution in [1.29, 1.82) is 0 Å². The second kappa shape index (κ2) is 6.61. The molecule has 1 heterocycles. The zero-order valence-electron chi connectivity index (χ0n) is 11.4. The third kappa shape index (κ3) is 3.28. The van der Waals surface area contributed by atoms with E-state index in [1.54, 1.807) is 0 Å². The number of anilines is 2. The number of hydrogen-bond acceptors (Lipinski definition) is 2. The average Bonchev–Trinajstić information content (AvgIpc) is 2.76. The third-order valence-electron chi connectivity index (χ3n) is 3.08. The van der Waals surface area contributed by atoms with Crippen LogP contribution in [0.3, 0.4) is 0 Å². The van der Waals surface area contributed by atoms with Crippen molar-refractivity contribution in [3.8, 4) is 5.69 Å². The summed E-state index contributed by atoms with van der Waals surface area (Å²) >= 11 is 21.5. The Bertz CT molecular complexity index is 898. The van der Waals surface area contributed by atoms with E-state index in [9.17, 15) is 4.79 Å². The number of benzene rings is 2. The minimum absolute atomic E-state index is 0.268. The molecule has 0 bridgehead atoms. The van der Waals surface area contributed by atoms with E-state index in [0.29, 0.717) is 21.0 Å². The molecule has 2 aromatic carbocycles. The quantitative estimate of drug-likeness (QED) is 0.562. The van der Waals surface area contributed by atoms with E-state index in [1.165, 1.54) is 16.8 Å². The van der Waals surface area contributed by atoms with Crippen LogP contribution in [0.1, 0.15) is 0 Å². The maximum atomic E-state index is 12.5. The zero-order chi connectivity index (χ0) is 16.6. The van der Waals surface area contributed by atoms with Gasteiger partial charge in [0.15, 0.2) is 0 Å². The molecule has 4 nitrogen and oxygen atoms in total. The Labute approximate surface area is 155 Å². The molecule has 2 N–H and O–H groups in total. The molecular formula is C15H9BrCl3N3O. The second-order valence-electron chi connectivity index (χ2n) is 4.65. The summed E-state index contributed by atoms with van der Waals surface area (Å²) in [7, 11) is 0. The van der Waals surface area contributed by atoms with Crippen molar-refractivity contribution in [2.24, 2.45) is 0 Å². The molecule has 0 saturated carbocycles. The summed E-state index contributed by atoms with van der Waals surface area (Å²) in [5.41, 5.74) is 0.842. The SMILES string of the molecule is O=c1c(Br)c(Nc2ccccc2)[nH]n1-c1c(Cl)cc(Cl)cc1Cl. The first-order valence-corrected chi connectivity index (χ1v) is 8.37. The smallest absolute Gasteiger partial charge is 0.287 e. The lowest BCUT2D eigenvalue weighted by atomic mass is 10.3.